The normalized spacial score (nSPS) is 25.5. The molecule has 68 valence electrons. The molecule has 1 N–H and O–H groups in total. The van der Waals surface area contributed by atoms with E-state index in [4.69, 9.17) is 0 Å². The molecule has 0 saturated carbocycles. The van der Waals surface area contributed by atoms with Crippen molar-refractivity contribution < 1.29 is 0 Å². The Labute approximate surface area is 78.6 Å². The number of fused-ring (bicyclic) bond motifs is 3. The Hall–Kier alpha value is -1.02. The number of benzene rings is 1. The minimum Gasteiger partial charge on any atom is -0.365 e. The fourth-order valence-corrected chi connectivity index (χ4v) is 2.48. The molecule has 0 aromatic heterocycles. The third kappa shape index (κ3) is 1.05. The average Bonchev–Trinajstić information content (AvgIpc) is 2.56. The van der Waals surface area contributed by atoms with Crippen molar-refractivity contribution in [1.29, 1.82) is 0 Å². The van der Waals surface area contributed by atoms with Gasteiger partial charge in [-0.05, 0) is 18.1 Å². The zero-order valence-electron chi connectivity index (χ0n) is 7.66. The average molecular weight is 174 g/mol. The van der Waals surface area contributed by atoms with E-state index in [-0.39, 0.29) is 0 Å². The SMILES string of the molecule is c1ccc2c(c1)C[C@@H]1CNCCN21. The van der Waals surface area contributed by atoms with Crippen LogP contribution in [0.3, 0.4) is 0 Å². The van der Waals surface area contributed by atoms with Gasteiger partial charge in [-0.2, -0.15) is 0 Å². The first-order valence-electron chi connectivity index (χ1n) is 5.00. The monoisotopic (exact) mass is 174 g/mol. The van der Waals surface area contributed by atoms with Crippen LogP contribution >= 0.6 is 0 Å². The van der Waals surface area contributed by atoms with E-state index in [0.717, 1.165) is 13.1 Å². The summed E-state index contributed by atoms with van der Waals surface area (Å²) >= 11 is 0. The third-order valence-electron chi connectivity index (χ3n) is 3.11. The highest BCUT2D eigenvalue weighted by molar-refractivity contribution is 5.59. The number of para-hydroxylation sites is 1. The number of nitrogens with zero attached hydrogens (tertiary/aromatic N) is 1. The Morgan fingerprint density at radius 2 is 2.23 bits per heavy atom. The van der Waals surface area contributed by atoms with Crippen LogP contribution in [0.5, 0.6) is 0 Å². The van der Waals surface area contributed by atoms with Crippen molar-refractivity contribution in [3.05, 3.63) is 29.8 Å². The van der Waals surface area contributed by atoms with Gasteiger partial charge in [-0.15, -0.1) is 0 Å². The van der Waals surface area contributed by atoms with Crippen LogP contribution in [0.4, 0.5) is 5.69 Å². The van der Waals surface area contributed by atoms with Gasteiger partial charge in [-0.3, -0.25) is 0 Å². The summed E-state index contributed by atoms with van der Waals surface area (Å²) in [6, 6.07) is 9.51. The molecule has 0 amide bonds. The maximum atomic E-state index is 3.45. The van der Waals surface area contributed by atoms with Gasteiger partial charge in [0.05, 0.1) is 0 Å². The Morgan fingerprint density at radius 3 is 3.23 bits per heavy atom. The maximum absolute atomic E-state index is 3.45. The fraction of sp³-hybridized carbons (Fsp3) is 0.455. The summed E-state index contributed by atoms with van der Waals surface area (Å²) in [6.45, 7) is 3.45. The first kappa shape index (κ1) is 7.39. The minimum atomic E-state index is 0.714. The molecule has 0 spiro atoms. The molecule has 1 fully saturated rings. The molecule has 1 aromatic rings. The van der Waals surface area contributed by atoms with Crippen LogP contribution < -0.4 is 10.2 Å². The van der Waals surface area contributed by atoms with E-state index in [9.17, 15) is 0 Å². The Bertz CT molecular complexity index is 322. The standard InChI is InChI=1S/C11H14N2/c1-2-4-11-9(3-1)7-10-8-12-5-6-13(10)11/h1-4,10,12H,5-8H2/t10-/m1/s1. The number of nitrogens with one attached hydrogen (secondary N) is 1. The highest BCUT2D eigenvalue weighted by Gasteiger charge is 2.30. The van der Waals surface area contributed by atoms with Crippen molar-refractivity contribution in [2.24, 2.45) is 0 Å². The highest BCUT2D eigenvalue weighted by atomic mass is 15.2. The van der Waals surface area contributed by atoms with Crippen molar-refractivity contribution >= 4 is 5.69 Å². The topological polar surface area (TPSA) is 15.3 Å². The van der Waals surface area contributed by atoms with E-state index in [1.165, 1.54) is 24.2 Å². The van der Waals surface area contributed by atoms with Crippen LogP contribution in [0.2, 0.25) is 0 Å². The predicted octanol–water partition coefficient (Wildman–Crippen LogP) is 1.02. The van der Waals surface area contributed by atoms with Crippen LogP contribution in [0.15, 0.2) is 24.3 Å². The van der Waals surface area contributed by atoms with Gasteiger partial charge in [-0.25, -0.2) is 0 Å². The molecule has 2 aliphatic heterocycles. The molecule has 13 heavy (non-hydrogen) atoms. The second-order valence-electron chi connectivity index (χ2n) is 3.88. The number of anilines is 1. The maximum Gasteiger partial charge on any atom is 0.0456 e. The lowest BCUT2D eigenvalue weighted by molar-refractivity contribution is 0.495. The van der Waals surface area contributed by atoms with E-state index in [0.29, 0.717) is 6.04 Å². The molecule has 1 atom stereocenters. The molecule has 2 heterocycles. The van der Waals surface area contributed by atoms with E-state index < -0.39 is 0 Å². The molecular weight excluding hydrogens is 160 g/mol. The van der Waals surface area contributed by atoms with Gasteiger partial charge in [0, 0.05) is 31.4 Å². The van der Waals surface area contributed by atoms with Gasteiger partial charge < -0.3 is 10.2 Å². The quantitative estimate of drug-likeness (QED) is 0.631. The molecule has 0 aliphatic carbocycles. The first-order chi connectivity index (χ1) is 6.45. The fourth-order valence-electron chi connectivity index (χ4n) is 2.48. The molecule has 0 bridgehead atoms. The molecule has 2 aliphatic rings. The zero-order chi connectivity index (χ0) is 8.67. The summed E-state index contributed by atoms with van der Waals surface area (Å²) in [5.41, 5.74) is 2.99. The first-order valence-corrected chi connectivity index (χ1v) is 5.00. The smallest absolute Gasteiger partial charge is 0.0456 e. The Balaban J connectivity index is 2.01. The molecular formula is C11H14N2. The molecule has 2 heteroatoms. The van der Waals surface area contributed by atoms with Gasteiger partial charge in [0.25, 0.3) is 0 Å². The van der Waals surface area contributed by atoms with Gasteiger partial charge in [-0.1, -0.05) is 18.2 Å². The highest BCUT2D eigenvalue weighted by Crippen LogP contribution is 2.32. The van der Waals surface area contributed by atoms with Crippen molar-refractivity contribution in [3.63, 3.8) is 0 Å². The molecule has 0 unspecified atom stereocenters. The molecule has 0 radical (unpaired) electrons. The van der Waals surface area contributed by atoms with Crippen LogP contribution in [0.1, 0.15) is 5.56 Å². The number of hydrogen-bond donors (Lipinski definition) is 1. The van der Waals surface area contributed by atoms with Gasteiger partial charge in [0.2, 0.25) is 0 Å². The number of piperazine rings is 1. The molecule has 1 saturated heterocycles. The van der Waals surface area contributed by atoms with E-state index in [1.54, 1.807) is 0 Å². The van der Waals surface area contributed by atoms with E-state index in [2.05, 4.69) is 34.5 Å². The van der Waals surface area contributed by atoms with Gasteiger partial charge in [0.15, 0.2) is 0 Å². The van der Waals surface area contributed by atoms with Crippen LogP contribution in [0, 0.1) is 0 Å². The molecule has 1 aromatic carbocycles. The van der Waals surface area contributed by atoms with Crippen molar-refractivity contribution in [2.75, 3.05) is 24.5 Å². The van der Waals surface area contributed by atoms with Crippen LogP contribution in [-0.4, -0.2) is 25.7 Å². The lowest BCUT2D eigenvalue weighted by atomic mass is 10.1. The zero-order valence-corrected chi connectivity index (χ0v) is 7.66. The third-order valence-corrected chi connectivity index (χ3v) is 3.11. The van der Waals surface area contributed by atoms with Crippen molar-refractivity contribution in [2.45, 2.75) is 12.5 Å². The summed E-state index contributed by atoms with van der Waals surface area (Å²) in [7, 11) is 0. The summed E-state index contributed by atoms with van der Waals surface area (Å²) in [6.07, 6.45) is 1.23. The molecule has 3 rings (SSSR count). The van der Waals surface area contributed by atoms with Crippen LogP contribution in [0.25, 0.3) is 0 Å². The largest absolute Gasteiger partial charge is 0.365 e. The van der Waals surface area contributed by atoms with Gasteiger partial charge >= 0.3 is 0 Å². The summed E-state index contributed by atoms with van der Waals surface area (Å²) in [5.74, 6) is 0. The van der Waals surface area contributed by atoms with E-state index in [1.807, 2.05) is 0 Å². The summed E-state index contributed by atoms with van der Waals surface area (Å²) in [5, 5.41) is 3.45. The minimum absolute atomic E-state index is 0.714. The predicted molar refractivity (Wildman–Crippen MR) is 54.1 cm³/mol. The number of rotatable bonds is 0. The second-order valence-corrected chi connectivity index (χ2v) is 3.88. The van der Waals surface area contributed by atoms with Crippen molar-refractivity contribution in [1.82, 2.24) is 5.32 Å². The lowest BCUT2D eigenvalue weighted by Crippen LogP contribution is -2.49. The summed E-state index contributed by atoms with van der Waals surface area (Å²) in [4.78, 5) is 2.55. The lowest BCUT2D eigenvalue weighted by Gasteiger charge is -2.32. The molecule has 2 nitrogen and oxygen atoms in total. The van der Waals surface area contributed by atoms with Crippen LogP contribution in [-0.2, 0) is 6.42 Å². The summed E-state index contributed by atoms with van der Waals surface area (Å²) < 4.78 is 0. The van der Waals surface area contributed by atoms with Gasteiger partial charge in [0.1, 0.15) is 0 Å². The Morgan fingerprint density at radius 1 is 1.31 bits per heavy atom. The Kier molecular flexibility index (Phi) is 1.56. The number of hydrogen-bond acceptors (Lipinski definition) is 2. The van der Waals surface area contributed by atoms with E-state index >= 15 is 0 Å². The van der Waals surface area contributed by atoms with Crippen molar-refractivity contribution in [3.8, 4) is 0 Å². The second kappa shape index (κ2) is 2.74.